The van der Waals surface area contributed by atoms with Gasteiger partial charge in [-0.05, 0) is 12.5 Å². The first-order valence-corrected chi connectivity index (χ1v) is 9.66. The molecule has 140 valence electrons. The fourth-order valence-electron chi connectivity index (χ4n) is 2.81. The molecule has 0 bridgehead atoms. The number of nitrogens with zero attached hydrogens (tertiary/aromatic N) is 3. The summed E-state index contributed by atoms with van der Waals surface area (Å²) in [7, 11) is 2.96. The number of anilines is 1. The molecule has 2 atom stereocenters. The Kier molecular flexibility index (Phi) is 5.49. The monoisotopic (exact) mass is 397 g/mol. The van der Waals surface area contributed by atoms with Crippen LogP contribution in [-0.2, 0) is 19.2 Å². The minimum atomic E-state index is -0.621. The van der Waals surface area contributed by atoms with E-state index in [-0.39, 0.29) is 17.0 Å². The van der Waals surface area contributed by atoms with Gasteiger partial charge in [-0.1, -0.05) is 5.16 Å². The maximum Gasteiger partial charge on any atom is 0.276 e. The van der Waals surface area contributed by atoms with Gasteiger partial charge in [0, 0.05) is 23.9 Å². The Labute approximate surface area is 158 Å². The number of aromatic nitrogens is 1. The third-order valence-electron chi connectivity index (χ3n) is 4.11. The van der Waals surface area contributed by atoms with Gasteiger partial charge in [0.1, 0.15) is 24.2 Å². The fraction of sp³-hybridized carbons (Fsp3) is 0.467. The predicted octanol–water partition coefficient (Wildman–Crippen LogP) is 0.396. The maximum absolute atomic E-state index is 12.6. The van der Waals surface area contributed by atoms with Crippen molar-refractivity contribution in [1.82, 2.24) is 15.2 Å². The van der Waals surface area contributed by atoms with E-state index in [0.29, 0.717) is 17.4 Å². The number of amides is 2. The highest BCUT2D eigenvalue weighted by Gasteiger charge is 2.51. The van der Waals surface area contributed by atoms with Crippen LogP contribution in [0, 0.1) is 0 Å². The Morgan fingerprint density at radius 3 is 2.92 bits per heavy atom. The second-order valence-corrected chi connectivity index (χ2v) is 7.67. The molecule has 2 aliphatic heterocycles. The molecule has 11 heteroatoms. The number of hydrogen-bond acceptors (Lipinski definition) is 9. The van der Waals surface area contributed by atoms with E-state index >= 15 is 0 Å². The number of thiazole rings is 1. The third-order valence-corrected chi connectivity index (χ3v) is 6.13. The zero-order chi connectivity index (χ0) is 18.8. The number of ether oxygens (including phenoxy) is 1. The number of nitrogens with two attached hydrogens (primary N) is 1. The molecular weight excluding hydrogens is 378 g/mol. The number of methoxy groups -OCH3 is 1. The first-order valence-electron chi connectivity index (χ1n) is 7.73. The normalized spacial score (nSPS) is 22.8. The number of rotatable bonds is 6. The van der Waals surface area contributed by atoms with Gasteiger partial charge in [0.25, 0.3) is 11.8 Å². The number of carbonyl (C=O) groups excluding carboxylic acids is 2. The molecule has 0 aromatic carbocycles. The Hall–Kier alpha value is -2.11. The van der Waals surface area contributed by atoms with Gasteiger partial charge in [-0.25, -0.2) is 4.98 Å². The Morgan fingerprint density at radius 1 is 1.54 bits per heavy atom. The van der Waals surface area contributed by atoms with Gasteiger partial charge in [0.05, 0.1) is 6.61 Å². The summed E-state index contributed by atoms with van der Waals surface area (Å²) in [6.45, 7) is 2.38. The molecule has 0 spiro atoms. The van der Waals surface area contributed by atoms with E-state index in [4.69, 9.17) is 15.3 Å². The number of β-lactam (4-membered cyclic amide) rings is 1. The van der Waals surface area contributed by atoms with Crippen LogP contribution >= 0.6 is 23.1 Å². The Balaban J connectivity index is 1.73. The predicted molar refractivity (Wildman–Crippen MR) is 99.7 cm³/mol. The number of nitrogen functional groups attached to an aromatic ring is 1. The van der Waals surface area contributed by atoms with Gasteiger partial charge in [0.2, 0.25) is 0 Å². The van der Waals surface area contributed by atoms with E-state index in [1.165, 1.54) is 18.4 Å². The molecular formula is C15H19N5O4S2. The van der Waals surface area contributed by atoms with Crippen molar-refractivity contribution >= 4 is 45.8 Å². The molecule has 1 aromatic heterocycles. The second-order valence-electron chi connectivity index (χ2n) is 5.68. The average Bonchev–Trinajstić information content (AvgIpc) is 3.04. The van der Waals surface area contributed by atoms with E-state index in [0.717, 1.165) is 17.0 Å². The van der Waals surface area contributed by atoms with Crippen molar-refractivity contribution in [1.29, 1.82) is 0 Å². The van der Waals surface area contributed by atoms with Crippen LogP contribution in [-0.4, -0.2) is 65.4 Å². The maximum atomic E-state index is 12.6. The van der Waals surface area contributed by atoms with Crippen LogP contribution in [0.4, 0.5) is 5.13 Å². The van der Waals surface area contributed by atoms with Crippen LogP contribution in [0.3, 0.4) is 0 Å². The van der Waals surface area contributed by atoms with Crippen molar-refractivity contribution in [3.63, 3.8) is 0 Å². The number of oxime groups is 1. The zero-order valence-electron chi connectivity index (χ0n) is 14.5. The third kappa shape index (κ3) is 3.29. The lowest BCUT2D eigenvalue weighted by atomic mass is 10.0. The van der Waals surface area contributed by atoms with Crippen LogP contribution in [0.25, 0.3) is 0 Å². The highest BCUT2D eigenvalue weighted by molar-refractivity contribution is 8.00. The smallest absolute Gasteiger partial charge is 0.276 e. The zero-order valence-corrected chi connectivity index (χ0v) is 16.1. The summed E-state index contributed by atoms with van der Waals surface area (Å²) in [5.41, 5.74) is 7.88. The number of fused-ring (bicyclic) bond motifs is 1. The highest BCUT2D eigenvalue weighted by atomic mass is 32.2. The molecule has 2 aliphatic rings. The van der Waals surface area contributed by atoms with E-state index in [1.807, 2.05) is 6.92 Å². The molecule has 2 unspecified atom stereocenters. The molecule has 1 aromatic rings. The SMILES string of the molecule is COCC1=C(C)N2C(=O)C(NC(=O)/C(=N\OC)c3csc(N)n3)C2SC1. The van der Waals surface area contributed by atoms with Crippen molar-refractivity contribution in [3.8, 4) is 0 Å². The molecule has 0 radical (unpaired) electrons. The summed E-state index contributed by atoms with van der Waals surface area (Å²) >= 11 is 2.78. The minimum Gasteiger partial charge on any atom is -0.398 e. The highest BCUT2D eigenvalue weighted by Crippen LogP contribution is 2.39. The van der Waals surface area contributed by atoms with Crippen LogP contribution in [0.1, 0.15) is 12.6 Å². The number of thioether (sulfide) groups is 1. The number of nitrogens with one attached hydrogen (secondary N) is 1. The van der Waals surface area contributed by atoms with Gasteiger partial charge in [-0.2, -0.15) is 0 Å². The lowest BCUT2D eigenvalue weighted by Gasteiger charge is -2.50. The van der Waals surface area contributed by atoms with Crippen LogP contribution in [0.15, 0.2) is 21.8 Å². The van der Waals surface area contributed by atoms with Crippen molar-refractivity contribution < 1.29 is 19.2 Å². The lowest BCUT2D eigenvalue weighted by Crippen LogP contribution is -2.70. The molecule has 3 rings (SSSR count). The fourth-order valence-corrected chi connectivity index (χ4v) is 4.81. The lowest BCUT2D eigenvalue weighted by molar-refractivity contribution is -0.145. The molecule has 2 amide bonds. The summed E-state index contributed by atoms with van der Waals surface area (Å²) in [5, 5.41) is 8.25. The number of allylic oxidation sites excluding steroid dienone is 1. The number of carbonyl (C=O) groups is 2. The second kappa shape index (κ2) is 7.64. The largest absolute Gasteiger partial charge is 0.398 e. The molecule has 3 heterocycles. The molecule has 1 fully saturated rings. The first-order chi connectivity index (χ1) is 12.5. The van der Waals surface area contributed by atoms with Crippen molar-refractivity contribution in [2.75, 3.05) is 32.3 Å². The van der Waals surface area contributed by atoms with Crippen LogP contribution < -0.4 is 11.1 Å². The number of hydrogen-bond donors (Lipinski definition) is 2. The van der Waals surface area contributed by atoms with Gasteiger partial charge in [0.15, 0.2) is 10.8 Å². The topological polar surface area (TPSA) is 119 Å². The Bertz CT molecular complexity index is 791. The van der Waals surface area contributed by atoms with Crippen molar-refractivity contribution in [2.24, 2.45) is 5.16 Å². The average molecular weight is 397 g/mol. The van der Waals surface area contributed by atoms with Crippen molar-refractivity contribution in [2.45, 2.75) is 18.3 Å². The Morgan fingerprint density at radius 2 is 2.31 bits per heavy atom. The summed E-state index contributed by atoms with van der Waals surface area (Å²) < 4.78 is 5.17. The standard InChI is InChI=1S/C15H19N5O4S2/c1-7-8(4-23-2)5-25-14-11(13(22)20(7)14)18-12(21)10(19-24-3)9-6-26-15(16)17-9/h6,11,14H,4-5H2,1-3H3,(H2,16,17)(H,18,21)/b19-10-. The quantitative estimate of drug-likeness (QED) is 0.405. The van der Waals surface area contributed by atoms with Crippen LogP contribution in [0.5, 0.6) is 0 Å². The van der Waals surface area contributed by atoms with E-state index < -0.39 is 11.9 Å². The van der Waals surface area contributed by atoms with E-state index in [2.05, 4.69) is 15.5 Å². The minimum absolute atomic E-state index is 0.0140. The summed E-state index contributed by atoms with van der Waals surface area (Å²) in [4.78, 5) is 35.6. The van der Waals surface area contributed by atoms with Crippen LogP contribution in [0.2, 0.25) is 0 Å². The molecule has 1 saturated heterocycles. The van der Waals surface area contributed by atoms with Gasteiger partial charge in [-0.3, -0.25) is 14.5 Å². The summed E-state index contributed by atoms with van der Waals surface area (Å²) in [6, 6.07) is -0.621. The first kappa shape index (κ1) is 18.7. The van der Waals surface area contributed by atoms with Gasteiger partial charge < -0.3 is 20.6 Å². The van der Waals surface area contributed by atoms with Gasteiger partial charge in [-0.15, -0.1) is 23.1 Å². The summed E-state index contributed by atoms with van der Waals surface area (Å²) in [5.74, 6) is 0.0681. The molecule has 3 N–H and O–H groups in total. The van der Waals surface area contributed by atoms with Crippen molar-refractivity contribution in [3.05, 3.63) is 22.3 Å². The molecule has 9 nitrogen and oxygen atoms in total. The molecule has 0 saturated carbocycles. The molecule has 0 aliphatic carbocycles. The van der Waals surface area contributed by atoms with E-state index in [1.54, 1.807) is 29.2 Å². The molecule has 26 heavy (non-hydrogen) atoms. The summed E-state index contributed by atoms with van der Waals surface area (Å²) in [6.07, 6.45) is 0. The van der Waals surface area contributed by atoms with E-state index in [9.17, 15) is 9.59 Å². The van der Waals surface area contributed by atoms with Gasteiger partial charge >= 0.3 is 0 Å².